The van der Waals surface area contributed by atoms with Crippen LogP contribution in [0, 0.1) is 5.92 Å². The van der Waals surface area contributed by atoms with Gasteiger partial charge in [-0.15, -0.1) is 22.7 Å². The normalized spacial score (nSPS) is 12.2. The van der Waals surface area contributed by atoms with Crippen LogP contribution in [0.25, 0.3) is 9.88 Å². The van der Waals surface area contributed by atoms with Gasteiger partial charge in [-0.3, -0.25) is 4.79 Å². The Hall–Kier alpha value is -1.73. The number of nitrogens with one attached hydrogen (secondary N) is 1. The third-order valence-corrected chi connectivity index (χ3v) is 5.05. The smallest absolute Gasteiger partial charge is 0.358 e. The van der Waals surface area contributed by atoms with Gasteiger partial charge in [0.15, 0.2) is 12.3 Å². The van der Waals surface area contributed by atoms with Crippen LogP contribution in [0.2, 0.25) is 0 Å². The lowest BCUT2D eigenvalue weighted by atomic mass is 10.1. The second-order valence-corrected chi connectivity index (χ2v) is 7.00. The van der Waals surface area contributed by atoms with Crippen molar-refractivity contribution in [1.82, 2.24) is 10.3 Å². The van der Waals surface area contributed by atoms with Crippen LogP contribution in [0.1, 0.15) is 31.3 Å². The van der Waals surface area contributed by atoms with E-state index in [4.69, 9.17) is 4.74 Å². The van der Waals surface area contributed by atoms with Crippen molar-refractivity contribution in [3.05, 3.63) is 28.6 Å². The number of thiophene rings is 1. The van der Waals surface area contributed by atoms with Gasteiger partial charge in [0.05, 0.1) is 4.88 Å². The standard InChI is InChI=1S/C15H18N2O3S2/c1-9(2)10(3)16-13(18)7-20-15(19)11-8-22-14(17-11)12-5-4-6-21-12/h4-6,8-10H,7H2,1-3H3,(H,16,18)/t10-/m1/s1. The van der Waals surface area contributed by atoms with E-state index < -0.39 is 5.97 Å². The molecule has 1 amide bonds. The van der Waals surface area contributed by atoms with Crippen molar-refractivity contribution in [1.29, 1.82) is 0 Å². The van der Waals surface area contributed by atoms with E-state index >= 15 is 0 Å². The molecule has 0 fully saturated rings. The van der Waals surface area contributed by atoms with Gasteiger partial charge in [-0.1, -0.05) is 19.9 Å². The van der Waals surface area contributed by atoms with Crippen molar-refractivity contribution in [3.8, 4) is 9.88 Å². The van der Waals surface area contributed by atoms with Crippen molar-refractivity contribution < 1.29 is 14.3 Å². The maximum Gasteiger partial charge on any atom is 0.358 e. The van der Waals surface area contributed by atoms with Crippen LogP contribution in [0.3, 0.4) is 0 Å². The quantitative estimate of drug-likeness (QED) is 0.821. The molecule has 1 atom stereocenters. The highest BCUT2D eigenvalue weighted by atomic mass is 32.1. The summed E-state index contributed by atoms with van der Waals surface area (Å²) >= 11 is 2.94. The van der Waals surface area contributed by atoms with E-state index in [1.54, 1.807) is 16.7 Å². The largest absolute Gasteiger partial charge is 0.451 e. The molecule has 0 aliphatic rings. The van der Waals surface area contributed by atoms with Crippen molar-refractivity contribution in [2.45, 2.75) is 26.8 Å². The molecule has 0 aromatic carbocycles. The lowest BCUT2D eigenvalue weighted by Crippen LogP contribution is -2.38. The fourth-order valence-corrected chi connectivity index (χ4v) is 3.15. The molecule has 0 bridgehead atoms. The fourth-order valence-electron chi connectivity index (χ4n) is 1.55. The Morgan fingerprint density at radius 3 is 2.73 bits per heavy atom. The van der Waals surface area contributed by atoms with Crippen LogP contribution < -0.4 is 5.32 Å². The second kappa shape index (κ2) is 7.51. The Labute approximate surface area is 137 Å². The molecule has 0 radical (unpaired) electrons. The molecule has 0 aliphatic carbocycles. The summed E-state index contributed by atoms with van der Waals surface area (Å²) in [5.41, 5.74) is 0.234. The molecule has 0 unspecified atom stereocenters. The van der Waals surface area contributed by atoms with Gasteiger partial charge < -0.3 is 10.1 Å². The average Bonchev–Trinajstić information content (AvgIpc) is 3.14. The third-order valence-electron chi connectivity index (χ3n) is 3.17. The van der Waals surface area contributed by atoms with Gasteiger partial charge in [0.2, 0.25) is 0 Å². The zero-order valence-corrected chi connectivity index (χ0v) is 14.3. The summed E-state index contributed by atoms with van der Waals surface area (Å²) in [6.45, 7) is 5.65. The van der Waals surface area contributed by atoms with E-state index in [0.717, 1.165) is 9.88 Å². The highest BCUT2D eigenvalue weighted by Gasteiger charge is 2.16. The predicted molar refractivity (Wildman–Crippen MR) is 88.2 cm³/mol. The van der Waals surface area contributed by atoms with Crippen LogP contribution in [0.5, 0.6) is 0 Å². The predicted octanol–water partition coefficient (Wildman–Crippen LogP) is 3.19. The molecule has 5 nitrogen and oxygen atoms in total. The number of amides is 1. The SMILES string of the molecule is CC(C)[C@@H](C)NC(=O)COC(=O)c1csc(-c2cccs2)n1. The van der Waals surface area contributed by atoms with Crippen LogP contribution in [0.4, 0.5) is 0 Å². The van der Waals surface area contributed by atoms with Crippen molar-refractivity contribution in [3.63, 3.8) is 0 Å². The number of esters is 1. The van der Waals surface area contributed by atoms with Crippen LogP contribution in [-0.2, 0) is 9.53 Å². The summed E-state index contributed by atoms with van der Waals surface area (Å²) in [4.78, 5) is 28.8. The van der Waals surface area contributed by atoms with Gasteiger partial charge >= 0.3 is 5.97 Å². The molecule has 22 heavy (non-hydrogen) atoms. The molecule has 2 aromatic heterocycles. The Bertz CT molecular complexity index is 635. The molecule has 2 heterocycles. The first-order valence-electron chi connectivity index (χ1n) is 6.93. The monoisotopic (exact) mass is 338 g/mol. The van der Waals surface area contributed by atoms with Crippen LogP contribution >= 0.6 is 22.7 Å². The highest BCUT2D eigenvalue weighted by Crippen LogP contribution is 2.27. The number of hydrogen-bond donors (Lipinski definition) is 1. The number of carbonyl (C=O) groups is 2. The molecule has 0 saturated carbocycles. The molecule has 0 aliphatic heterocycles. The number of carbonyl (C=O) groups excluding carboxylic acids is 2. The first kappa shape index (κ1) is 16.6. The zero-order chi connectivity index (χ0) is 16.1. The summed E-state index contributed by atoms with van der Waals surface area (Å²) < 4.78 is 5.00. The molecule has 7 heteroatoms. The van der Waals surface area contributed by atoms with Crippen LogP contribution in [-0.4, -0.2) is 29.5 Å². The third kappa shape index (κ3) is 4.38. The Kier molecular flexibility index (Phi) is 5.68. The Morgan fingerprint density at radius 2 is 2.09 bits per heavy atom. The van der Waals surface area contributed by atoms with Crippen molar-refractivity contribution >= 4 is 34.6 Å². The average molecular weight is 338 g/mol. The summed E-state index contributed by atoms with van der Waals surface area (Å²) in [5.74, 6) is -0.554. The molecule has 2 aromatic rings. The van der Waals surface area contributed by atoms with Crippen molar-refractivity contribution in [2.24, 2.45) is 5.92 Å². The summed E-state index contributed by atoms with van der Waals surface area (Å²) in [5, 5.41) is 7.16. The molecule has 0 saturated heterocycles. The van der Waals surface area contributed by atoms with E-state index in [-0.39, 0.29) is 24.2 Å². The lowest BCUT2D eigenvalue weighted by molar-refractivity contribution is -0.125. The van der Waals surface area contributed by atoms with E-state index in [9.17, 15) is 9.59 Å². The number of thiazole rings is 1. The molecular formula is C15H18N2O3S2. The van der Waals surface area contributed by atoms with Gasteiger partial charge in [-0.25, -0.2) is 9.78 Å². The first-order chi connectivity index (χ1) is 10.5. The first-order valence-corrected chi connectivity index (χ1v) is 8.69. The fraction of sp³-hybridized carbons (Fsp3) is 0.400. The van der Waals surface area contributed by atoms with E-state index in [1.165, 1.54) is 11.3 Å². The summed E-state index contributed by atoms with van der Waals surface area (Å²) in [6.07, 6.45) is 0. The maximum absolute atomic E-state index is 11.9. The van der Waals surface area contributed by atoms with Gasteiger partial charge in [0.25, 0.3) is 5.91 Å². The van der Waals surface area contributed by atoms with Crippen molar-refractivity contribution in [2.75, 3.05) is 6.61 Å². The number of hydrogen-bond acceptors (Lipinski definition) is 6. The molecule has 1 N–H and O–H groups in total. The summed E-state index contributed by atoms with van der Waals surface area (Å²) in [7, 11) is 0. The number of nitrogens with zero attached hydrogens (tertiary/aromatic N) is 1. The van der Waals surface area contributed by atoms with E-state index in [0.29, 0.717) is 5.92 Å². The molecule has 0 spiro atoms. The second-order valence-electron chi connectivity index (χ2n) is 5.19. The van der Waals surface area contributed by atoms with Crippen LogP contribution in [0.15, 0.2) is 22.9 Å². The van der Waals surface area contributed by atoms with E-state index in [1.807, 2.05) is 38.3 Å². The molecule has 118 valence electrons. The summed E-state index contributed by atoms with van der Waals surface area (Å²) in [6, 6.07) is 3.91. The van der Waals surface area contributed by atoms with Gasteiger partial charge in [0.1, 0.15) is 5.01 Å². The Balaban J connectivity index is 1.86. The topological polar surface area (TPSA) is 68.3 Å². The van der Waals surface area contributed by atoms with Gasteiger partial charge in [-0.05, 0) is 24.3 Å². The van der Waals surface area contributed by atoms with E-state index in [2.05, 4.69) is 10.3 Å². The molecular weight excluding hydrogens is 320 g/mol. The van der Waals surface area contributed by atoms with Gasteiger partial charge in [0, 0.05) is 11.4 Å². The number of aromatic nitrogens is 1. The molecule has 2 rings (SSSR count). The van der Waals surface area contributed by atoms with Gasteiger partial charge in [-0.2, -0.15) is 0 Å². The number of rotatable bonds is 6. The maximum atomic E-state index is 11.9. The lowest BCUT2D eigenvalue weighted by Gasteiger charge is -2.17. The highest BCUT2D eigenvalue weighted by molar-refractivity contribution is 7.20. The Morgan fingerprint density at radius 1 is 1.32 bits per heavy atom. The zero-order valence-electron chi connectivity index (χ0n) is 12.7. The minimum Gasteiger partial charge on any atom is -0.451 e. The minimum atomic E-state index is -0.577. The number of ether oxygens (including phenoxy) is 1. The minimum absolute atomic E-state index is 0.0379.